The Morgan fingerprint density at radius 1 is 1.45 bits per heavy atom. The summed E-state index contributed by atoms with van der Waals surface area (Å²) >= 11 is 7.85. The minimum atomic E-state index is -3.47. The highest BCUT2D eigenvalue weighted by Crippen LogP contribution is 2.22. The summed E-state index contributed by atoms with van der Waals surface area (Å²) in [6, 6.07) is 4.86. The van der Waals surface area contributed by atoms with E-state index in [1.807, 2.05) is 0 Å². The Morgan fingerprint density at radius 2 is 2.25 bits per heavy atom. The first-order valence-corrected chi connectivity index (χ1v) is 9.57. The summed E-state index contributed by atoms with van der Waals surface area (Å²) in [6.45, 7) is 0.543. The molecule has 112 valence electrons. The first kappa shape index (κ1) is 16.1. The van der Waals surface area contributed by atoms with Crippen LogP contribution in [0, 0.1) is 0 Å². The number of thioether (sulfide) groups is 1. The van der Waals surface area contributed by atoms with E-state index in [4.69, 9.17) is 11.6 Å². The van der Waals surface area contributed by atoms with E-state index in [2.05, 4.69) is 10.0 Å². The van der Waals surface area contributed by atoms with Crippen LogP contribution in [0.3, 0.4) is 0 Å². The molecule has 1 heterocycles. The van der Waals surface area contributed by atoms with Crippen molar-refractivity contribution in [3.05, 3.63) is 28.8 Å². The quantitative estimate of drug-likeness (QED) is 0.867. The van der Waals surface area contributed by atoms with Crippen molar-refractivity contribution in [2.24, 2.45) is 0 Å². The van der Waals surface area contributed by atoms with Gasteiger partial charge in [0.15, 0.2) is 0 Å². The zero-order valence-electron chi connectivity index (χ0n) is 11.4. The van der Waals surface area contributed by atoms with Gasteiger partial charge in [0.1, 0.15) is 0 Å². The first-order valence-electron chi connectivity index (χ1n) is 6.56. The number of halogens is 1. The van der Waals surface area contributed by atoms with Crippen molar-refractivity contribution in [3.8, 4) is 0 Å². The molecular weight excluding hydrogens is 316 g/mol. The van der Waals surface area contributed by atoms with Crippen molar-refractivity contribution >= 4 is 33.4 Å². The zero-order chi connectivity index (χ0) is 14.6. The van der Waals surface area contributed by atoms with E-state index in [9.17, 15) is 8.42 Å². The lowest BCUT2D eigenvalue weighted by molar-refractivity contribution is 0.543. The predicted octanol–water partition coefficient (Wildman–Crippen LogP) is 2.23. The second-order valence-electron chi connectivity index (χ2n) is 4.82. The Balaban J connectivity index is 2.17. The molecule has 20 heavy (non-hydrogen) atoms. The SMILES string of the molecule is CNCc1cc(S(=O)(=O)NC2CCCSC2)ccc1Cl. The molecule has 1 fully saturated rings. The van der Waals surface area contributed by atoms with E-state index in [0.717, 1.165) is 29.9 Å². The van der Waals surface area contributed by atoms with Crippen molar-refractivity contribution in [1.82, 2.24) is 10.0 Å². The first-order chi connectivity index (χ1) is 9.53. The highest BCUT2D eigenvalue weighted by Gasteiger charge is 2.22. The summed E-state index contributed by atoms with van der Waals surface area (Å²) < 4.78 is 27.6. The van der Waals surface area contributed by atoms with Gasteiger partial charge in [-0.15, -0.1) is 0 Å². The molecule has 1 atom stereocenters. The molecule has 2 N–H and O–H groups in total. The minimum absolute atomic E-state index is 0.0298. The molecule has 0 spiro atoms. The maximum absolute atomic E-state index is 12.4. The Morgan fingerprint density at radius 3 is 2.90 bits per heavy atom. The molecule has 2 rings (SSSR count). The van der Waals surface area contributed by atoms with Crippen LogP contribution in [0.25, 0.3) is 0 Å². The van der Waals surface area contributed by atoms with Gasteiger partial charge in [-0.25, -0.2) is 13.1 Å². The van der Waals surface area contributed by atoms with Crippen molar-refractivity contribution in [3.63, 3.8) is 0 Å². The predicted molar refractivity (Wildman–Crippen MR) is 84.9 cm³/mol. The van der Waals surface area contributed by atoms with E-state index in [1.54, 1.807) is 37.0 Å². The third-order valence-electron chi connectivity index (χ3n) is 3.18. The minimum Gasteiger partial charge on any atom is -0.316 e. The van der Waals surface area contributed by atoms with Crippen LogP contribution in [0.2, 0.25) is 5.02 Å². The number of nitrogens with one attached hydrogen (secondary N) is 2. The van der Waals surface area contributed by atoms with Crippen LogP contribution >= 0.6 is 23.4 Å². The molecule has 4 nitrogen and oxygen atoms in total. The van der Waals surface area contributed by atoms with E-state index in [-0.39, 0.29) is 10.9 Å². The fourth-order valence-corrected chi connectivity index (χ4v) is 4.85. The van der Waals surface area contributed by atoms with Gasteiger partial charge in [0.25, 0.3) is 0 Å². The van der Waals surface area contributed by atoms with Crippen LogP contribution in [0.1, 0.15) is 18.4 Å². The van der Waals surface area contributed by atoms with Gasteiger partial charge in [-0.2, -0.15) is 11.8 Å². The van der Waals surface area contributed by atoms with Gasteiger partial charge < -0.3 is 5.32 Å². The molecule has 7 heteroatoms. The summed E-state index contributed by atoms with van der Waals surface area (Å²) in [5.41, 5.74) is 0.787. The molecule has 0 aromatic heterocycles. The third-order valence-corrected chi connectivity index (χ3v) is 6.28. The largest absolute Gasteiger partial charge is 0.316 e. The lowest BCUT2D eigenvalue weighted by Crippen LogP contribution is -2.38. The fraction of sp³-hybridized carbons (Fsp3) is 0.538. The Labute approximate surface area is 129 Å². The maximum atomic E-state index is 12.4. The molecule has 1 aromatic carbocycles. The van der Waals surface area contributed by atoms with Gasteiger partial charge >= 0.3 is 0 Å². The van der Waals surface area contributed by atoms with E-state index < -0.39 is 10.0 Å². The van der Waals surface area contributed by atoms with Crippen LogP contribution in [0.4, 0.5) is 0 Å². The monoisotopic (exact) mass is 334 g/mol. The second-order valence-corrected chi connectivity index (χ2v) is 8.09. The maximum Gasteiger partial charge on any atom is 0.240 e. The van der Waals surface area contributed by atoms with Crippen molar-refractivity contribution in [2.45, 2.75) is 30.3 Å². The standard InChI is InChI=1S/C13H19ClN2O2S2/c1-15-8-10-7-12(4-5-13(10)14)20(17,18)16-11-3-2-6-19-9-11/h4-5,7,11,15-16H,2-3,6,8-9H2,1H3. The van der Waals surface area contributed by atoms with E-state index in [1.165, 1.54) is 0 Å². The average molecular weight is 335 g/mol. The van der Waals surface area contributed by atoms with Gasteiger partial charge in [0, 0.05) is 23.4 Å². The van der Waals surface area contributed by atoms with Crippen LogP contribution in [0.5, 0.6) is 0 Å². The molecule has 0 amide bonds. The van der Waals surface area contributed by atoms with E-state index >= 15 is 0 Å². The molecule has 0 saturated carbocycles. The molecule has 1 aromatic rings. The molecule has 0 aliphatic carbocycles. The number of benzene rings is 1. The lowest BCUT2D eigenvalue weighted by Gasteiger charge is -2.22. The number of hydrogen-bond donors (Lipinski definition) is 2. The van der Waals surface area contributed by atoms with Crippen molar-refractivity contribution < 1.29 is 8.42 Å². The molecule has 0 radical (unpaired) electrons. The Bertz CT molecular complexity index is 557. The lowest BCUT2D eigenvalue weighted by atomic mass is 10.2. The van der Waals surface area contributed by atoms with Crippen LogP contribution in [-0.4, -0.2) is 33.0 Å². The Kier molecular flexibility index (Phi) is 5.74. The fourth-order valence-electron chi connectivity index (χ4n) is 2.17. The molecule has 1 aliphatic heterocycles. The molecule has 1 aliphatic rings. The summed E-state index contributed by atoms with van der Waals surface area (Å²) in [7, 11) is -1.67. The average Bonchev–Trinajstić information content (AvgIpc) is 2.42. The van der Waals surface area contributed by atoms with Gasteiger partial charge in [-0.05, 0) is 49.4 Å². The number of sulfonamides is 1. The van der Waals surface area contributed by atoms with Crippen LogP contribution in [0.15, 0.2) is 23.1 Å². The summed E-state index contributed by atoms with van der Waals surface area (Å²) in [5.74, 6) is 1.96. The van der Waals surface area contributed by atoms with Gasteiger partial charge in [0.05, 0.1) is 4.90 Å². The zero-order valence-corrected chi connectivity index (χ0v) is 13.7. The van der Waals surface area contributed by atoms with Crippen molar-refractivity contribution in [1.29, 1.82) is 0 Å². The van der Waals surface area contributed by atoms with Gasteiger partial charge in [-0.1, -0.05) is 11.6 Å². The normalized spacial score (nSPS) is 20.0. The van der Waals surface area contributed by atoms with Crippen LogP contribution < -0.4 is 10.0 Å². The third kappa shape index (κ3) is 4.11. The topological polar surface area (TPSA) is 58.2 Å². The van der Waals surface area contributed by atoms with Gasteiger partial charge in [-0.3, -0.25) is 0 Å². The number of rotatable bonds is 5. The van der Waals surface area contributed by atoms with Crippen molar-refractivity contribution in [2.75, 3.05) is 18.6 Å². The number of hydrogen-bond acceptors (Lipinski definition) is 4. The summed E-state index contributed by atoms with van der Waals surface area (Å²) in [4.78, 5) is 0.280. The summed E-state index contributed by atoms with van der Waals surface area (Å²) in [6.07, 6.45) is 1.96. The Hall–Kier alpha value is -0.270. The highest BCUT2D eigenvalue weighted by atomic mass is 35.5. The summed E-state index contributed by atoms with van der Waals surface area (Å²) in [5, 5.41) is 3.56. The highest BCUT2D eigenvalue weighted by molar-refractivity contribution is 7.99. The van der Waals surface area contributed by atoms with Gasteiger partial charge in [0.2, 0.25) is 10.0 Å². The molecular formula is C13H19ClN2O2S2. The smallest absolute Gasteiger partial charge is 0.240 e. The second kappa shape index (κ2) is 7.13. The molecule has 1 saturated heterocycles. The molecule has 0 bridgehead atoms. The van der Waals surface area contributed by atoms with E-state index in [0.29, 0.717) is 11.6 Å². The van der Waals surface area contributed by atoms with Crippen LogP contribution in [-0.2, 0) is 16.6 Å². The molecule has 1 unspecified atom stereocenters.